The second-order valence-electron chi connectivity index (χ2n) is 11.8. The fourth-order valence-corrected chi connectivity index (χ4v) is 7.27. The van der Waals surface area contributed by atoms with Gasteiger partial charge in [0.15, 0.2) is 0 Å². The highest BCUT2D eigenvalue weighted by Gasteiger charge is 2.23. The highest BCUT2D eigenvalue weighted by molar-refractivity contribution is 6.30. The summed E-state index contributed by atoms with van der Waals surface area (Å²) >= 11 is 0. The number of benzene rings is 9. The highest BCUT2D eigenvalue weighted by atomic mass is 16.3. The maximum atomic E-state index is 9.59. The van der Waals surface area contributed by atoms with Crippen molar-refractivity contribution in [1.29, 1.82) is 0 Å². The Morgan fingerprint density at radius 3 is 1.60 bits per heavy atom. The molecule has 0 aliphatic heterocycles. The lowest BCUT2D eigenvalue weighted by atomic mass is 9.82. The molecule has 0 saturated heterocycles. The Kier molecular flexibility index (Phi) is 4.19. The second kappa shape index (κ2) is 10.2. The third-order valence-electron chi connectivity index (χ3n) is 9.28. The Hall–Kier alpha value is -6.18. The number of furan rings is 1. The van der Waals surface area contributed by atoms with Gasteiger partial charge in [-0.15, -0.1) is 0 Å². The van der Waals surface area contributed by atoms with Gasteiger partial charge >= 0.3 is 0 Å². The van der Waals surface area contributed by atoms with E-state index < -0.39 is 24.2 Å². The summed E-state index contributed by atoms with van der Waals surface area (Å²) in [6, 6.07) is 35.8. The summed E-state index contributed by atoms with van der Waals surface area (Å²) in [5, 5.41) is 5.64. The number of fused-ring (bicyclic) bond motifs is 9. The van der Waals surface area contributed by atoms with Crippen molar-refractivity contribution in [1.82, 2.24) is 0 Å². The summed E-state index contributed by atoms with van der Waals surface area (Å²) in [5.74, 6) is 0. The Morgan fingerprint density at radius 1 is 0.383 bits per heavy atom. The highest BCUT2D eigenvalue weighted by Crippen LogP contribution is 2.50. The van der Waals surface area contributed by atoms with Crippen molar-refractivity contribution in [2.24, 2.45) is 0 Å². The van der Waals surface area contributed by atoms with Crippen LogP contribution >= 0.6 is 0 Å². The molecule has 1 heteroatoms. The molecule has 10 rings (SSSR count). The lowest BCUT2D eigenvalue weighted by Gasteiger charge is -2.20. The van der Waals surface area contributed by atoms with E-state index in [0.29, 0.717) is 33.2 Å². The van der Waals surface area contributed by atoms with Crippen LogP contribution in [0.2, 0.25) is 0 Å². The molecule has 0 amide bonds. The minimum Gasteiger partial charge on any atom is -0.455 e. The van der Waals surface area contributed by atoms with Crippen molar-refractivity contribution in [2.75, 3.05) is 0 Å². The van der Waals surface area contributed by atoms with Gasteiger partial charge in [0, 0.05) is 21.5 Å². The minimum absolute atomic E-state index is 0.160. The van der Waals surface area contributed by atoms with Gasteiger partial charge in [0.1, 0.15) is 11.2 Å². The first-order valence-electron chi connectivity index (χ1n) is 19.5. The van der Waals surface area contributed by atoms with E-state index in [0.717, 1.165) is 38.1 Å². The minimum atomic E-state index is -0.443. The zero-order chi connectivity index (χ0) is 37.9. The zero-order valence-corrected chi connectivity index (χ0v) is 25.0. The summed E-state index contributed by atoms with van der Waals surface area (Å²) in [6.07, 6.45) is 0. The summed E-state index contributed by atoms with van der Waals surface area (Å²) in [6.45, 7) is 0. The van der Waals surface area contributed by atoms with Crippen LogP contribution in [0.3, 0.4) is 0 Å². The predicted molar refractivity (Wildman–Crippen MR) is 200 cm³/mol. The molecule has 47 heavy (non-hydrogen) atoms. The van der Waals surface area contributed by atoms with Crippen LogP contribution in [0.5, 0.6) is 0 Å². The van der Waals surface area contributed by atoms with Crippen LogP contribution in [0.1, 0.15) is 11.0 Å². The van der Waals surface area contributed by atoms with E-state index in [1.54, 1.807) is 0 Å². The van der Waals surface area contributed by atoms with E-state index in [2.05, 4.69) is 0 Å². The van der Waals surface area contributed by atoms with Gasteiger partial charge in [-0.05, 0) is 77.8 Å². The molecule has 0 unspecified atom stereocenters. The fraction of sp³-hybridized carbons (Fsp3) is 0. The van der Waals surface area contributed by atoms with Crippen LogP contribution in [0.25, 0.3) is 98.4 Å². The first-order chi connectivity index (χ1) is 26.7. The summed E-state index contributed by atoms with van der Waals surface area (Å²) in [7, 11) is 0. The third kappa shape index (κ3) is 3.84. The standard InChI is InChI=1S/C46H28O/c1-2-14-29(15-3-1)32-18-8-9-21-35(32)42-36-22-10-12-24-38(36)43(39-25-13-11-23-37(39)42)41-28-31-17-5-7-20-34(31)46-44(41)40-27-26-30-16-4-6-19-33(30)45(40)47-46/h1-28H/i10D,11D,12D,13D,22D,23D,24D,25D. The van der Waals surface area contributed by atoms with E-state index in [4.69, 9.17) is 9.90 Å². The molecule has 1 nitrogen and oxygen atoms in total. The molecule has 0 atom stereocenters. The molecule has 9 aromatic carbocycles. The van der Waals surface area contributed by atoms with Crippen molar-refractivity contribution in [3.8, 4) is 33.4 Å². The van der Waals surface area contributed by atoms with E-state index in [9.17, 15) is 5.48 Å². The molecule has 0 aliphatic carbocycles. The number of hydrogen-bond donors (Lipinski definition) is 0. The van der Waals surface area contributed by atoms with Crippen LogP contribution in [0.4, 0.5) is 0 Å². The van der Waals surface area contributed by atoms with Crippen LogP contribution < -0.4 is 0 Å². The van der Waals surface area contributed by atoms with Gasteiger partial charge in [-0.1, -0.05) is 158 Å². The fourth-order valence-electron chi connectivity index (χ4n) is 7.27. The van der Waals surface area contributed by atoms with Crippen LogP contribution in [0.15, 0.2) is 174 Å². The molecule has 1 heterocycles. The molecule has 0 fully saturated rings. The quantitative estimate of drug-likeness (QED) is 0.183. The zero-order valence-electron chi connectivity index (χ0n) is 33.0. The number of hydrogen-bond acceptors (Lipinski definition) is 1. The lowest BCUT2D eigenvalue weighted by Crippen LogP contribution is -1.93. The first kappa shape index (κ1) is 19.4. The molecular weight excluding hydrogens is 569 g/mol. The van der Waals surface area contributed by atoms with Crippen LogP contribution in [-0.4, -0.2) is 0 Å². The van der Waals surface area contributed by atoms with E-state index in [1.807, 2.05) is 121 Å². The second-order valence-corrected chi connectivity index (χ2v) is 11.8. The molecule has 218 valence electrons. The Balaban J connectivity index is 1.53. The molecule has 0 bridgehead atoms. The van der Waals surface area contributed by atoms with Crippen molar-refractivity contribution < 1.29 is 15.4 Å². The Morgan fingerprint density at radius 2 is 0.915 bits per heavy atom. The van der Waals surface area contributed by atoms with Crippen molar-refractivity contribution >= 4 is 65.0 Å². The van der Waals surface area contributed by atoms with Gasteiger partial charge in [0.25, 0.3) is 0 Å². The number of rotatable bonds is 3. The van der Waals surface area contributed by atoms with Gasteiger partial charge in [0.05, 0.1) is 11.0 Å². The van der Waals surface area contributed by atoms with Crippen LogP contribution in [-0.2, 0) is 0 Å². The largest absolute Gasteiger partial charge is 0.455 e. The Labute approximate surface area is 283 Å². The van der Waals surface area contributed by atoms with Crippen molar-refractivity contribution in [2.45, 2.75) is 0 Å². The van der Waals surface area contributed by atoms with Crippen molar-refractivity contribution in [3.63, 3.8) is 0 Å². The van der Waals surface area contributed by atoms with Gasteiger partial charge in [-0.2, -0.15) is 0 Å². The molecule has 10 aromatic rings. The average molecular weight is 605 g/mol. The molecular formula is C46H28O. The summed E-state index contributed by atoms with van der Waals surface area (Å²) in [5.41, 5.74) is 4.53. The normalized spacial score (nSPS) is 14.2. The van der Waals surface area contributed by atoms with Crippen LogP contribution in [0, 0.1) is 0 Å². The summed E-state index contributed by atoms with van der Waals surface area (Å²) in [4.78, 5) is 0. The van der Waals surface area contributed by atoms with E-state index >= 15 is 0 Å². The maximum Gasteiger partial charge on any atom is 0.143 e. The Bertz CT molecular complexity index is 3220. The SMILES string of the molecule is [2H]c1c([2H])c([2H])c2c(-c3cc4ccccc4c4oc5c6ccccc6ccc5c34)c3c([2H])c([2H])c([2H])c([2H])c3c(-c3ccccc3-c3ccccc3)c2c1[2H]. The molecule has 0 radical (unpaired) electrons. The smallest absolute Gasteiger partial charge is 0.143 e. The molecule has 0 saturated carbocycles. The third-order valence-corrected chi connectivity index (χ3v) is 9.28. The van der Waals surface area contributed by atoms with Gasteiger partial charge in [0.2, 0.25) is 0 Å². The van der Waals surface area contributed by atoms with Gasteiger partial charge in [-0.3, -0.25) is 0 Å². The monoisotopic (exact) mass is 604 g/mol. The van der Waals surface area contributed by atoms with Gasteiger partial charge < -0.3 is 4.42 Å². The lowest BCUT2D eigenvalue weighted by molar-refractivity contribution is 0.676. The molecule has 0 spiro atoms. The van der Waals surface area contributed by atoms with Crippen molar-refractivity contribution in [3.05, 3.63) is 170 Å². The van der Waals surface area contributed by atoms with E-state index in [1.165, 1.54) is 0 Å². The average Bonchev–Trinajstić information content (AvgIpc) is 3.63. The van der Waals surface area contributed by atoms with Gasteiger partial charge in [-0.25, -0.2) is 0 Å². The summed E-state index contributed by atoms with van der Waals surface area (Å²) < 4.78 is 80.9. The first-order valence-corrected chi connectivity index (χ1v) is 15.5. The topological polar surface area (TPSA) is 13.1 Å². The van der Waals surface area contributed by atoms with E-state index in [-0.39, 0.29) is 51.3 Å². The molecule has 1 aromatic heterocycles. The predicted octanol–water partition coefficient (Wildman–Crippen LogP) is 13.2. The molecule has 0 N–H and O–H groups in total. The maximum absolute atomic E-state index is 9.59. The molecule has 0 aliphatic rings.